The monoisotopic (exact) mass is 402 g/mol. The Labute approximate surface area is 165 Å². The molecule has 1 N–H and O–H groups in total. The van der Waals surface area contributed by atoms with Crippen LogP contribution in [0.5, 0.6) is 5.75 Å². The molecule has 27 heavy (non-hydrogen) atoms. The van der Waals surface area contributed by atoms with Crippen molar-refractivity contribution in [1.29, 1.82) is 0 Å². The van der Waals surface area contributed by atoms with Gasteiger partial charge in [0.25, 0.3) is 0 Å². The number of fused-ring (bicyclic) bond motifs is 3. The van der Waals surface area contributed by atoms with Crippen molar-refractivity contribution < 1.29 is 13.5 Å². The highest BCUT2D eigenvalue weighted by Crippen LogP contribution is 2.39. The van der Waals surface area contributed by atoms with Gasteiger partial charge in [-0.2, -0.15) is 0 Å². The maximum Gasteiger partial charge on any atom is 0.151 e. The number of thiazole rings is 1. The highest BCUT2D eigenvalue weighted by Gasteiger charge is 2.22. The number of anilines is 1. The fraction of sp³-hybridized carbons (Fsp3) is 0.200. The standard InChI is InChI=1S/C20H16F2N2OS2/c1-25-12-9-8-11-4-2-7-16-18(13(11)10-12)27-20(23-16)19(26)24-17-14(21)5-3-6-15(17)22/h3,5-6,8-10H,2,4,7H2,1H3,(H,24,26). The first-order valence-electron chi connectivity index (χ1n) is 8.49. The number of thiocarbonyl (C=S) groups is 1. The fourth-order valence-electron chi connectivity index (χ4n) is 3.17. The fourth-order valence-corrected chi connectivity index (χ4v) is 4.50. The number of hydrogen-bond acceptors (Lipinski definition) is 4. The minimum absolute atomic E-state index is 0.210. The largest absolute Gasteiger partial charge is 0.497 e. The number of hydrogen-bond donors (Lipinski definition) is 1. The van der Waals surface area contributed by atoms with Gasteiger partial charge in [0.05, 0.1) is 17.7 Å². The lowest BCUT2D eigenvalue weighted by molar-refractivity contribution is 0.415. The molecule has 0 bridgehead atoms. The second-order valence-corrected chi connectivity index (χ2v) is 7.63. The number of methoxy groups -OCH3 is 1. The first-order valence-corrected chi connectivity index (χ1v) is 9.71. The molecule has 2 aromatic carbocycles. The number of aromatic nitrogens is 1. The number of halogens is 2. The van der Waals surface area contributed by atoms with Gasteiger partial charge in [0.2, 0.25) is 0 Å². The molecule has 3 aromatic rings. The molecule has 0 amide bonds. The molecule has 3 nitrogen and oxygen atoms in total. The second-order valence-electron chi connectivity index (χ2n) is 6.22. The van der Waals surface area contributed by atoms with Crippen molar-refractivity contribution in [3.63, 3.8) is 0 Å². The van der Waals surface area contributed by atoms with Crippen molar-refractivity contribution in [2.24, 2.45) is 0 Å². The molecule has 138 valence electrons. The van der Waals surface area contributed by atoms with Crippen LogP contribution in [-0.4, -0.2) is 17.1 Å². The summed E-state index contributed by atoms with van der Waals surface area (Å²) in [4.78, 5) is 5.90. The van der Waals surface area contributed by atoms with E-state index >= 15 is 0 Å². The molecular formula is C20H16F2N2OS2. The molecule has 1 aromatic heterocycles. The van der Waals surface area contributed by atoms with E-state index in [1.807, 2.05) is 12.1 Å². The zero-order valence-corrected chi connectivity index (χ0v) is 16.1. The van der Waals surface area contributed by atoms with E-state index in [1.165, 1.54) is 35.1 Å². The van der Waals surface area contributed by atoms with Crippen LogP contribution in [0, 0.1) is 11.6 Å². The van der Waals surface area contributed by atoms with E-state index in [0.29, 0.717) is 5.01 Å². The molecular weight excluding hydrogens is 386 g/mol. The van der Waals surface area contributed by atoms with Crippen LogP contribution < -0.4 is 10.1 Å². The molecule has 0 radical (unpaired) electrons. The first-order chi connectivity index (χ1) is 13.1. The third kappa shape index (κ3) is 3.44. The Hall–Kier alpha value is -2.38. The summed E-state index contributed by atoms with van der Waals surface area (Å²) in [7, 11) is 1.64. The molecule has 7 heteroatoms. The average Bonchev–Trinajstić information content (AvgIpc) is 3.02. The first kappa shape index (κ1) is 18.0. The summed E-state index contributed by atoms with van der Waals surface area (Å²) >= 11 is 6.81. The minimum atomic E-state index is -0.689. The smallest absolute Gasteiger partial charge is 0.151 e. The third-order valence-electron chi connectivity index (χ3n) is 4.51. The maximum atomic E-state index is 13.9. The second kappa shape index (κ2) is 7.32. The number of benzene rings is 2. The van der Waals surface area contributed by atoms with Gasteiger partial charge in [0.1, 0.15) is 28.1 Å². The van der Waals surface area contributed by atoms with Gasteiger partial charge in [0, 0.05) is 5.56 Å². The van der Waals surface area contributed by atoms with Gasteiger partial charge in [-0.3, -0.25) is 0 Å². The van der Waals surface area contributed by atoms with Crippen molar-refractivity contribution in [1.82, 2.24) is 4.98 Å². The van der Waals surface area contributed by atoms with Gasteiger partial charge in [-0.1, -0.05) is 24.4 Å². The van der Waals surface area contributed by atoms with Gasteiger partial charge in [-0.15, -0.1) is 11.3 Å². The molecule has 0 spiro atoms. The molecule has 0 fully saturated rings. The van der Waals surface area contributed by atoms with Gasteiger partial charge >= 0.3 is 0 Å². The summed E-state index contributed by atoms with van der Waals surface area (Å²) in [5, 5.41) is 3.22. The summed E-state index contributed by atoms with van der Waals surface area (Å²) in [6, 6.07) is 9.73. The van der Waals surface area contributed by atoms with Crippen molar-refractivity contribution >= 4 is 34.2 Å². The van der Waals surface area contributed by atoms with Gasteiger partial charge in [-0.25, -0.2) is 13.8 Å². The van der Waals surface area contributed by atoms with Crippen molar-refractivity contribution in [2.75, 3.05) is 12.4 Å². The SMILES string of the molecule is COc1ccc2c(c1)-c1sc(C(=S)Nc3c(F)cccc3F)nc1CCC2. The van der Waals surface area contributed by atoms with Crippen LogP contribution in [0.4, 0.5) is 14.5 Å². The number of nitrogens with zero attached hydrogens (tertiary/aromatic N) is 1. The lowest BCUT2D eigenvalue weighted by Gasteiger charge is -2.08. The Bertz CT molecular complexity index is 1010. The Morgan fingerprint density at radius 2 is 1.96 bits per heavy atom. The molecule has 0 saturated carbocycles. The Balaban J connectivity index is 1.71. The van der Waals surface area contributed by atoms with Crippen LogP contribution in [0.25, 0.3) is 10.4 Å². The summed E-state index contributed by atoms with van der Waals surface area (Å²) in [6.07, 6.45) is 2.79. The molecule has 0 atom stereocenters. The lowest BCUT2D eigenvalue weighted by atomic mass is 10.0. The zero-order chi connectivity index (χ0) is 19.0. The highest BCUT2D eigenvalue weighted by atomic mass is 32.1. The van der Waals surface area contributed by atoms with Crippen LogP contribution in [-0.2, 0) is 12.8 Å². The summed E-state index contributed by atoms with van der Waals surface area (Å²) in [6.45, 7) is 0. The van der Waals surface area contributed by atoms with Crippen LogP contribution >= 0.6 is 23.6 Å². The lowest BCUT2D eigenvalue weighted by Crippen LogP contribution is -2.13. The van der Waals surface area contributed by atoms with Crippen molar-refractivity contribution in [3.8, 4) is 16.2 Å². The summed E-state index contributed by atoms with van der Waals surface area (Å²) < 4.78 is 33.1. The van der Waals surface area contributed by atoms with E-state index in [2.05, 4.69) is 16.4 Å². The Kier molecular flexibility index (Phi) is 4.88. The normalized spacial score (nSPS) is 12.7. The molecule has 4 rings (SSSR count). The van der Waals surface area contributed by atoms with Gasteiger partial charge in [0.15, 0.2) is 5.01 Å². The summed E-state index contributed by atoms with van der Waals surface area (Å²) in [5.74, 6) is -0.596. The Morgan fingerprint density at radius 1 is 1.19 bits per heavy atom. The molecule has 0 aliphatic heterocycles. The third-order valence-corrected chi connectivity index (χ3v) is 6.09. The van der Waals surface area contributed by atoms with Gasteiger partial charge in [-0.05, 0) is 49.1 Å². The van der Waals surface area contributed by atoms with Crippen molar-refractivity contribution in [3.05, 3.63) is 64.3 Å². The zero-order valence-electron chi connectivity index (χ0n) is 14.5. The molecule has 1 aliphatic carbocycles. The van der Waals surface area contributed by atoms with Crippen LogP contribution in [0.3, 0.4) is 0 Å². The van der Waals surface area contributed by atoms with E-state index in [9.17, 15) is 8.78 Å². The summed E-state index contributed by atoms with van der Waals surface area (Å²) in [5.41, 5.74) is 3.03. The number of nitrogens with one attached hydrogen (secondary N) is 1. The molecule has 1 heterocycles. The number of rotatable bonds is 3. The molecule has 0 saturated heterocycles. The average molecular weight is 402 g/mol. The van der Waals surface area contributed by atoms with E-state index in [1.54, 1.807) is 7.11 Å². The molecule has 0 unspecified atom stereocenters. The van der Waals surface area contributed by atoms with E-state index in [0.717, 1.165) is 41.1 Å². The Morgan fingerprint density at radius 3 is 2.70 bits per heavy atom. The number of para-hydroxylation sites is 1. The van der Waals surface area contributed by atoms with E-state index in [4.69, 9.17) is 17.0 Å². The number of aryl methyl sites for hydroxylation is 2. The minimum Gasteiger partial charge on any atom is -0.497 e. The van der Waals surface area contributed by atoms with Crippen LogP contribution in [0.2, 0.25) is 0 Å². The van der Waals surface area contributed by atoms with Crippen LogP contribution in [0.1, 0.15) is 22.7 Å². The maximum absolute atomic E-state index is 13.9. The van der Waals surface area contributed by atoms with Crippen molar-refractivity contribution in [2.45, 2.75) is 19.3 Å². The number of ether oxygens (including phenoxy) is 1. The topological polar surface area (TPSA) is 34.1 Å². The van der Waals surface area contributed by atoms with Gasteiger partial charge < -0.3 is 10.1 Å². The predicted octanol–water partition coefficient (Wildman–Crippen LogP) is 5.37. The van der Waals surface area contributed by atoms with E-state index in [-0.39, 0.29) is 10.7 Å². The van der Waals surface area contributed by atoms with E-state index < -0.39 is 11.6 Å². The quantitative estimate of drug-likeness (QED) is 0.597. The van der Waals surface area contributed by atoms with Crippen LogP contribution in [0.15, 0.2) is 36.4 Å². The highest BCUT2D eigenvalue weighted by molar-refractivity contribution is 7.81. The molecule has 1 aliphatic rings. The predicted molar refractivity (Wildman–Crippen MR) is 108 cm³/mol.